The van der Waals surface area contributed by atoms with Crippen LogP contribution in [0.4, 0.5) is 0 Å². The molecule has 0 saturated heterocycles. The van der Waals surface area contributed by atoms with Crippen molar-refractivity contribution < 1.29 is 14.0 Å². The van der Waals surface area contributed by atoms with E-state index in [1.165, 1.54) is 6.26 Å². The molecule has 3 rings (SSSR count). The number of hydrogen-bond donors (Lipinski definition) is 3. The third-order valence-electron chi connectivity index (χ3n) is 3.76. The Hall–Kier alpha value is -3.42. The molecular formula is C18H19N5O3. The molecule has 134 valence electrons. The second-order valence-electron chi connectivity index (χ2n) is 5.78. The third-order valence-corrected chi connectivity index (χ3v) is 3.76. The number of hydrazone groups is 1. The molecule has 2 aromatic rings. The van der Waals surface area contributed by atoms with E-state index in [1.54, 1.807) is 19.1 Å². The standard InChI is InChI=1S/C18H19N5O3/c1-12(15-8-5-9-26-15)20-22-17(24)11-14-18(25)23-21-16(19-14)10-13-6-3-2-4-7-13/h2-9,14H,10-11H2,1H3,(H,19,21)(H,22,24)(H,23,25)/b20-12-/t14-/m1/s1. The molecule has 1 aromatic heterocycles. The summed E-state index contributed by atoms with van der Waals surface area (Å²) in [5, 5.41) is 3.97. The molecule has 1 aliphatic heterocycles. The van der Waals surface area contributed by atoms with Crippen molar-refractivity contribution in [2.24, 2.45) is 10.1 Å². The zero-order valence-corrected chi connectivity index (χ0v) is 14.2. The third kappa shape index (κ3) is 4.56. The Morgan fingerprint density at radius 3 is 2.77 bits per heavy atom. The van der Waals surface area contributed by atoms with Crippen LogP contribution in [-0.4, -0.2) is 29.4 Å². The second-order valence-corrected chi connectivity index (χ2v) is 5.78. The summed E-state index contributed by atoms with van der Waals surface area (Å²) in [6.45, 7) is 1.71. The summed E-state index contributed by atoms with van der Waals surface area (Å²) >= 11 is 0. The maximum absolute atomic E-state index is 12.1. The van der Waals surface area contributed by atoms with Crippen LogP contribution in [0.25, 0.3) is 0 Å². The summed E-state index contributed by atoms with van der Waals surface area (Å²) in [4.78, 5) is 28.4. The first-order valence-electron chi connectivity index (χ1n) is 8.15. The van der Waals surface area contributed by atoms with Crippen LogP contribution in [0.15, 0.2) is 63.2 Å². The van der Waals surface area contributed by atoms with Crippen molar-refractivity contribution in [3.8, 4) is 0 Å². The van der Waals surface area contributed by atoms with Gasteiger partial charge in [-0.25, -0.2) is 5.43 Å². The van der Waals surface area contributed by atoms with Gasteiger partial charge in [0.05, 0.1) is 12.7 Å². The summed E-state index contributed by atoms with van der Waals surface area (Å²) < 4.78 is 5.19. The molecule has 2 heterocycles. The number of carbonyl (C=O) groups is 2. The van der Waals surface area contributed by atoms with E-state index < -0.39 is 11.9 Å². The van der Waals surface area contributed by atoms with Crippen molar-refractivity contribution in [3.05, 3.63) is 60.1 Å². The highest BCUT2D eigenvalue weighted by Crippen LogP contribution is 2.07. The smallest absolute Gasteiger partial charge is 0.263 e. The van der Waals surface area contributed by atoms with Gasteiger partial charge in [-0.1, -0.05) is 30.3 Å². The molecule has 2 amide bonds. The quantitative estimate of drug-likeness (QED) is 0.535. The minimum Gasteiger partial charge on any atom is -0.463 e. The van der Waals surface area contributed by atoms with Gasteiger partial charge in [0, 0.05) is 6.42 Å². The number of carbonyl (C=O) groups excluding carboxylic acids is 2. The van der Waals surface area contributed by atoms with Crippen LogP contribution in [0.1, 0.15) is 24.7 Å². The maximum Gasteiger partial charge on any atom is 0.263 e. The van der Waals surface area contributed by atoms with Crippen molar-refractivity contribution in [3.63, 3.8) is 0 Å². The Kier molecular flexibility index (Phi) is 5.43. The number of amidine groups is 1. The Morgan fingerprint density at radius 1 is 1.23 bits per heavy atom. The van der Waals surface area contributed by atoms with Crippen molar-refractivity contribution in [2.45, 2.75) is 25.8 Å². The van der Waals surface area contributed by atoms with Gasteiger partial charge in [-0.2, -0.15) is 5.10 Å². The number of hydrogen-bond acceptors (Lipinski definition) is 6. The van der Waals surface area contributed by atoms with E-state index in [0.29, 0.717) is 23.7 Å². The summed E-state index contributed by atoms with van der Waals surface area (Å²) in [6.07, 6.45) is 1.97. The van der Waals surface area contributed by atoms with Gasteiger partial charge in [-0.3, -0.25) is 25.4 Å². The fourth-order valence-electron chi connectivity index (χ4n) is 2.42. The molecule has 8 heteroatoms. The number of nitrogens with zero attached hydrogens (tertiary/aromatic N) is 2. The van der Waals surface area contributed by atoms with Crippen LogP contribution in [-0.2, 0) is 16.0 Å². The van der Waals surface area contributed by atoms with Gasteiger partial charge in [0.25, 0.3) is 5.91 Å². The summed E-state index contributed by atoms with van der Waals surface area (Å²) in [5.41, 5.74) is 9.32. The van der Waals surface area contributed by atoms with E-state index in [0.717, 1.165) is 5.56 Å². The topological polar surface area (TPSA) is 108 Å². The molecule has 0 bridgehead atoms. The molecule has 0 spiro atoms. The average Bonchev–Trinajstić information content (AvgIpc) is 3.18. The monoisotopic (exact) mass is 353 g/mol. The van der Waals surface area contributed by atoms with Crippen molar-refractivity contribution >= 4 is 23.4 Å². The number of benzene rings is 1. The van der Waals surface area contributed by atoms with Crippen LogP contribution < -0.4 is 16.3 Å². The normalized spacial score (nSPS) is 17.1. The van der Waals surface area contributed by atoms with Gasteiger partial charge < -0.3 is 4.42 Å². The number of amides is 2. The summed E-state index contributed by atoms with van der Waals surface area (Å²) in [7, 11) is 0. The number of nitrogens with one attached hydrogen (secondary N) is 3. The summed E-state index contributed by atoms with van der Waals surface area (Å²) in [6, 6.07) is 12.4. The fraction of sp³-hybridized carbons (Fsp3) is 0.222. The largest absolute Gasteiger partial charge is 0.463 e. The van der Waals surface area contributed by atoms with Gasteiger partial charge in [-0.15, -0.1) is 0 Å². The number of furan rings is 1. The molecule has 0 radical (unpaired) electrons. The van der Waals surface area contributed by atoms with Crippen molar-refractivity contribution in [1.82, 2.24) is 16.3 Å². The minimum absolute atomic E-state index is 0.0965. The molecule has 1 aromatic carbocycles. The Bertz CT molecular complexity index is 828. The molecule has 1 aliphatic rings. The summed E-state index contributed by atoms with van der Waals surface area (Å²) in [5.74, 6) is 0.404. The second kappa shape index (κ2) is 8.11. The SMILES string of the molecule is C/C(=N/NC(=O)C[C@H]1N=C(Cc2ccccc2)NNC1=O)c1ccco1. The molecular weight excluding hydrogens is 334 g/mol. The maximum atomic E-state index is 12.1. The molecule has 0 aliphatic carbocycles. The van der Waals surface area contributed by atoms with Crippen LogP contribution in [0.2, 0.25) is 0 Å². The highest BCUT2D eigenvalue weighted by atomic mass is 16.3. The van der Waals surface area contributed by atoms with Gasteiger partial charge in [0.1, 0.15) is 23.3 Å². The lowest BCUT2D eigenvalue weighted by Crippen LogP contribution is -2.52. The fourth-order valence-corrected chi connectivity index (χ4v) is 2.42. The van der Waals surface area contributed by atoms with Gasteiger partial charge >= 0.3 is 0 Å². The lowest BCUT2D eigenvalue weighted by molar-refractivity contribution is -0.128. The van der Waals surface area contributed by atoms with E-state index in [-0.39, 0.29) is 12.3 Å². The van der Waals surface area contributed by atoms with Crippen LogP contribution in [0, 0.1) is 0 Å². The zero-order valence-electron chi connectivity index (χ0n) is 14.2. The van der Waals surface area contributed by atoms with E-state index in [1.807, 2.05) is 30.3 Å². The zero-order chi connectivity index (χ0) is 18.4. The molecule has 0 saturated carbocycles. The average molecular weight is 353 g/mol. The first kappa shape index (κ1) is 17.4. The predicted molar refractivity (Wildman–Crippen MR) is 96.3 cm³/mol. The number of aliphatic imine (C=N–C) groups is 1. The molecule has 3 N–H and O–H groups in total. The minimum atomic E-state index is -0.797. The molecule has 1 atom stereocenters. The highest BCUT2D eigenvalue weighted by Gasteiger charge is 2.25. The van der Waals surface area contributed by atoms with Crippen molar-refractivity contribution in [1.29, 1.82) is 0 Å². The lowest BCUT2D eigenvalue weighted by atomic mass is 10.1. The van der Waals surface area contributed by atoms with Crippen molar-refractivity contribution in [2.75, 3.05) is 0 Å². The van der Waals surface area contributed by atoms with Gasteiger partial charge in [0.2, 0.25) is 5.91 Å². The van der Waals surface area contributed by atoms with E-state index in [9.17, 15) is 9.59 Å². The van der Waals surface area contributed by atoms with Crippen LogP contribution in [0.3, 0.4) is 0 Å². The number of hydrazine groups is 1. The molecule has 0 unspecified atom stereocenters. The first-order chi connectivity index (χ1) is 12.6. The Labute approximate surface area is 150 Å². The Morgan fingerprint density at radius 2 is 2.04 bits per heavy atom. The first-order valence-corrected chi connectivity index (χ1v) is 8.15. The van der Waals surface area contributed by atoms with E-state index in [4.69, 9.17) is 4.42 Å². The van der Waals surface area contributed by atoms with Crippen LogP contribution in [0.5, 0.6) is 0 Å². The van der Waals surface area contributed by atoms with E-state index in [2.05, 4.69) is 26.4 Å². The molecule has 0 fully saturated rings. The van der Waals surface area contributed by atoms with Gasteiger partial charge in [0.15, 0.2) is 0 Å². The molecule has 8 nitrogen and oxygen atoms in total. The predicted octanol–water partition coefficient (Wildman–Crippen LogP) is 1.15. The van der Waals surface area contributed by atoms with Crippen LogP contribution >= 0.6 is 0 Å². The lowest BCUT2D eigenvalue weighted by Gasteiger charge is -2.21. The highest BCUT2D eigenvalue weighted by molar-refractivity contribution is 5.98. The number of rotatable bonds is 6. The molecule has 26 heavy (non-hydrogen) atoms. The van der Waals surface area contributed by atoms with Gasteiger partial charge in [-0.05, 0) is 24.6 Å². The van der Waals surface area contributed by atoms with E-state index >= 15 is 0 Å². The Balaban J connectivity index is 1.60.